The lowest BCUT2D eigenvalue weighted by Crippen LogP contribution is -2.20. The minimum absolute atomic E-state index is 0.206. The van der Waals surface area contributed by atoms with Gasteiger partial charge in [0, 0.05) is 23.2 Å². The van der Waals surface area contributed by atoms with Crippen LogP contribution in [0.2, 0.25) is 5.02 Å². The predicted molar refractivity (Wildman–Crippen MR) is 94.0 cm³/mol. The van der Waals surface area contributed by atoms with Gasteiger partial charge >= 0.3 is 5.56 Å². The fourth-order valence-electron chi connectivity index (χ4n) is 2.21. The molecule has 1 aromatic carbocycles. The molecule has 7 heteroatoms. The van der Waals surface area contributed by atoms with E-state index in [0.29, 0.717) is 10.7 Å². The summed E-state index contributed by atoms with van der Waals surface area (Å²) in [7, 11) is 0. The van der Waals surface area contributed by atoms with Crippen molar-refractivity contribution < 1.29 is 0 Å². The number of aryl methyl sites for hydroxylation is 1. The molecule has 23 heavy (non-hydrogen) atoms. The van der Waals surface area contributed by atoms with E-state index in [0.717, 1.165) is 35.0 Å². The zero-order valence-electron chi connectivity index (χ0n) is 13.0. The number of nitrogens with zero attached hydrogens (tertiary/aromatic N) is 4. The van der Waals surface area contributed by atoms with Gasteiger partial charge in [-0.15, -0.1) is 10.2 Å². The Morgan fingerprint density at radius 1 is 1.26 bits per heavy atom. The lowest BCUT2D eigenvalue weighted by atomic mass is 10.2. The van der Waals surface area contributed by atoms with Crippen LogP contribution in [0.1, 0.15) is 25.3 Å². The average Bonchev–Trinajstić information content (AvgIpc) is 2.95. The van der Waals surface area contributed by atoms with E-state index in [4.69, 9.17) is 11.6 Å². The van der Waals surface area contributed by atoms with E-state index in [-0.39, 0.29) is 5.56 Å². The van der Waals surface area contributed by atoms with Crippen LogP contribution in [-0.4, -0.2) is 24.9 Å². The molecular weight excluding hydrogens is 332 g/mol. The highest BCUT2D eigenvalue weighted by atomic mass is 35.5. The Morgan fingerprint density at radius 2 is 2.09 bits per heavy atom. The summed E-state index contributed by atoms with van der Waals surface area (Å²) in [5, 5.41) is 9.56. The quantitative estimate of drug-likeness (QED) is 0.520. The second kappa shape index (κ2) is 6.76. The zero-order chi connectivity index (χ0) is 16.4. The van der Waals surface area contributed by atoms with E-state index in [1.54, 1.807) is 28.4 Å². The summed E-state index contributed by atoms with van der Waals surface area (Å²) in [6, 6.07) is 5.54. The number of hydrogen-bond donors (Lipinski definition) is 0. The molecule has 3 aromatic rings. The van der Waals surface area contributed by atoms with Gasteiger partial charge in [0.2, 0.25) is 5.65 Å². The number of rotatable bonds is 5. The topological polar surface area (TPSA) is 52.2 Å². The summed E-state index contributed by atoms with van der Waals surface area (Å²) < 4.78 is 3.28. The first-order chi connectivity index (χ1) is 11.1. The molecule has 3 rings (SSSR count). The van der Waals surface area contributed by atoms with E-state index in [9.17, 15) is 4.79 Å². The summed E-state index contributed by atoms with van der Waals surface area (Å²) in [6.07, 6.45) is 5.78. The molecule has 0 fully saturated rings. The van der Waals surface area contributed by atoms with Crippen LogP contribution in [0.5, 0.6) is 0 Å². The van der Waals surface area contributed by atoms with Gasteiger partial charge in [0.05, 0.1) is 5.69 Å². The van der Waals surface area contributed by atoms with Gasteiger partial charge in [-0.3, -0.25) is 13.8 Å². The first kappa shape index (κ1) is 16.1. The SMILES string of the molecule is CCCCSc1nnc2c(=O)n(-c3ccc(C)c(Cl)c3)ccn12. The third-order valence-corrected chi connectivity index (χ3v) is 5.04. The maximum atomic E-state index is 12.7. The maximum Gasteiger partial charge on any atom is 0.300 e. The molecule has 0 N–H and O–H groups in total. The second-order valence-corrected chi connectivity index (χ2v) is 6.75. The fraction of sp³-hybridized carbons (Fsp3) is 0.312. The monoisotopic (exact) mass is 348 g/mol. The third-order valence-electron chi connectivity index (χ3n) is 3.60. The number of fused-ring (bicyclic) bond motifs is 1. The molecule has 0 unspecified atom stereocenters. The van der Waals surface area contributed by atoms with Gasteiger partial charge in [-0.25, -0.2) is 0 Å². The van der Waals surface area contributed by atoms with Crippen LogP contribution in [-0.2, 0) is 0 Å². The summed E-state index contributed by atoms with van der Waals surface area (Å²) >= 11 is 7.77. The molecule has 0 amide bonds. The normalized spacial score (nSPS) is 11.3. The molecule has 0 aliphatic heterocycles. The smallest absolute Gasteiger partial charge is 0.280 e. The Labute approximate surface area is 143 Å². The van der Waals surface area contributed by atoms with Crippen molar-refractivity contribution >= 4 is 29.0 Å². The largest absolute Gasteiger partial charge is 0.300 e. The molecule has 0 bridgehead atoms. The van der Waals surface area contributed by atoms with E-state index in [1.165, 1.54) is 4.57 Å². The van der Waals surface area contributed by atoms with Gasteiger partial charge in [0.1, 0.15) is 0 Å². The lowest BCUT2D eigenvalue weighted by Gasteiger charge is -2.08. The Balaban J connectivity index is 2.02. The number of benzene rings is 1. The third kappa shape index (κ3) is 3.14. The molecule has 2 aromatic heterocycles. The number of hydrogen-bond acceptors (Lipinski definition) is 4. The maximum absolute atomic E-state index is 12.7. The van der Waals surface area contributed by atoms with Crippen molar-refractivity contribution in [2.75, 3.05) is 5.75 Å². The molecule has 5 nitrogen and oxygen atoms in total. The van der Waals surface area contributed by atoms with E-state index >= 15 is 0 Å². The first-order valence-electron chi connectivity index (χ1n) is 7.47. The molecular formula is C16H17ClN4OS. The summed E-state index contributed by atoms with van der Waals surface area (Å²) in [5.41, 5.74) is 1.81. The van der Waals surface area contributed by atoms with Gasteiger partial charge in [0.25, 0.3) is 0 Å². The summed E-state index contributed by atoms with van der Waals surface area (Å²) in [6.45, 7) is 4.07. The molecule has 0 aliphatic rings. The molecule has 0 aliphatic carbocycles. The highest BCUT2D eigenvalue weighted by molar-refractivity contribution is 7.99. The number of aromatic nitrogens is 4. The van der Waals surface area contributed by atoms with Crippen LogP contribution in [0.3, 0.4) is 0 Å². The van der Waals surface area contributed by atoms with Crippen LogP contribution in [0, 0.1) is 6.92 Å². The van der Waals surface area contributed by atoms with Gasteiger partial charge in [-0.1, -0.05) is 42.8 Å². The molecule has 0 atom stereocenters. The Morgan fingerprint density at radius 3 is 2.83 bits per heavy atom. The number of halogens is 1. The molecule has 120 valence electrons. The van der Waals surface area contributed by atoms with Crippen LogP contribution in [0.15, 0.2) is 40.5 Å². The average molecular weight is 349 g/mol. The summed E-state index contributed by atoms with van der Waals surface area (Å²) in [4.78, 5) is 12.7. The van der Waals surface area contributed by atoms with Gasteiger partial charge < -0.3 is 0 Å². The molecule has 0 radical (unpaired) electrons. The van der Waals surface area contributed by atoms with Crippen LogP contribution in [0.4, 0.5) is 0 Å². The van der Waals surface area contributed by atoms with Crippen LogP contribution in [0.25, 0.3) is 11.3 Å². The van der Waals surface area contributed by atoms with Crippen molar-refractivity contribution in [3.8, 4) is 5.69 Å². The second-order valence-electron chi connectivity index (χ2n) is 5.28. The highest BCUT2D eigenvalue weighted by Gasteiger charge is 2.12. The van der Waals surface area contributed by atoms with E-state index in [1.807, 2.05) is 25.3 Å². The lowest BCUT2D eigenvalue weighted by molar-refractivity contribution is 0.872. The van der Waals surface area contributed by atoms with Crippen LogP contribution < -0.4 is 5.56 Å². The van der Waals surface area contributed by atoms with Gasteiger partial charge in [0.15, 0.2) is 5.16 Å². The minimum Gasteiger partial charge on any atom is -0.280 e. The van der Waals surface area contributed by atoms with Crippen molar-refractivity contribution in [3.05, 3.63) is 51.5 Å². The predicted octanol–water partition coefficient (Wildman–Crippen LogP) is 3.73. The minimum atomic E-state index is -0.206. The molecule has 0 saturated carbocycles. The number of thioether (sulfide) groups is 1. The van der Waals surface area contributed by atoms with Crippen LogP contribution >= 0.6 is 23.4 Å². The van der Waals surface area contributed by atoms with E-state index < -0.39 is 0 Å². The standard InChI is InChI=1S/C16H17ClN4OS/c1-3-4-9-23-16-19-18-14-15(22)20(7-8-21(14)16)12-6-5-11(2)13(17)10-12/h5-8,10H,3-4,9H2,1-2H3. The summed E-state index contributed by atoms with van der Waals surface area (Å²) in [5.74, 6) is 0.966. The highest BCUT2D eigenvalue weighted by Crippen LogP contribution is 2.20. The Hall–Kier alpha value is -1.79. The van der Waals surface area contributed by atoms with Crippen molar-refractivity contribution in [2.45, 2.75) is 31.8 Å². The van der Waals surface area contributed by atoms with Gasteiger partial charge in [-0.05, 0) is 31.0 Å². The van der Waals surface area contributed by atoms with E-state index in [2.05, 4.69) is 17.1 Å². The van der Waals surface area contributed by atoms with Crippen molar-refractivity contribution in [3.63, 3.8) is 0 Å². The number of unbranched alkanes of at least 4 members (excludes halogenated alkanes) is 1. The first-order valence-corrected chi connectivity index (χ1v) is 8.84. The van der Waals surface area contributed by atoms with Crippen molar-refractivity contribution in [1.82, 2.24) is 19.2 Å². The molecule has 0 spiro atoms. The fourth-order valence-corrected chi connectivity index (χ4v) is 3.38. The van der Waals surface area contributed by atoms with Crippen molar-refractivity contribution in [1.29, 1.82) is 0 Å². The van der Waals surface area contributed by atoms with Gasteiger partial charge in [-0.2, -0.15) is 0 Å². The Kier molecular flexibility index (Phi) is 4.73. The Bertz CT molecular complexity index is 903. The van der Waals surface area contributed by atoms with Crippen molar-refractivity contribution in [2.24, 2.45) is 0 Å². The molecule has 2 heterocycles. The zero-order valence-corrected chi connectivity index (χ0v) is 14.6. The molecule has 0 saturated heterocycles.